The van der Waals surface area contributed by atoms with Crippen molar-refractivity contribution in [2.24, 2.45) is 17.6 Å². The molecule has 3 nitrogen and oxygen atoms in total. The standard InChI is InChI=1S/C14H24N2O/c1-3-4-5-6-7-14(17)16-9-8-12(2)13(10-15)11-16/h1,12-13H,4-11,15H2,2H3. The molecule has 1 aliphatic rings. The Balaban J connectivity index is 2.30. The van der Waals surface area contributed by atoms with Crippen molar-refractivity contribution >= 4 is 5.91 Å². The lowest BCUT2D eigenvalue weighted by atomic mass is 9.87. The largest absolute Gasteiger partial charge is 0.342 e. The molecular weight excluding hydrogens is 212 g/mol. The second-order valence-corrected chi connectivity index (χ2v) is 5.01. The van der Waals surface area contributed by atoms with E-state index >= 15 is 0 Å². The maximum absolute atomic E-state index is 12.0. The third-order valence-electron chi connectivity index (χ3n) is 3.73. The Morgan fingerprint density at radius 2 is 2.29 bits per heavy atom. The van der Waals surface area contributed by atoms with Gasteiger partial charge < -0.3 is 10.6 Å². The van der Waals surface area contributed by atoms with Crippen LogP contribution in [0.1, 0.15) is 39.0 Å². The predicted molar refractivity (Wildman–Crippen MR) is 70.2 cm³/mol. The molecule has 0 aromatic carbocycles. The zero-order valence-corrected chi connectivity index (χ0v) is 10.8. The van der Waals surface area contributed by atoms with Crippen LogP contribution >= 0.6 is 0 Å². The Labute approximate surface area is 105 Å². The van der Waals surface area contributed by atoms with Gasteiger partial charge in [0.2, 0.25) is 5.91 Å². The molecule has 1 fully saturated rings. The smallest absolute Gasteiger partial charge is 0.222 e. The van der Waals surface area contributed by atoms with Gasteiger partial charge in [-0.15, -0.1) is 12.3 Å². The van der Waals surface area contributed by atoms with Gasteiger partial charge in [-0.05, 0) is 37.6 Å². The predicted octanol–water partition coefficient (Wildman–Crippen LogP) is 1.62. The highest BCUT2D eigenvalue weighted by atomic mass is 16.2. The molecule has 0 radical (unpaired) electrons. The highest BCUT2D eigenvalue weighted by Gasteiger charge is 2.27. The number of unbranched alkanes of at least 4 members (excludes halogenated alkanes) is 2. The number of nitrogens with two attached hydrogens (primary N) is 1. The zero-order chi connectivity index (χ0) is 12.7. The summed E-state index contributed by atoms with van der Waals surface area (Å²) in [4.78, 5) is 13.9. The molecule has 0 aliphatic carbocycles. The van der Waals surface area contributed by atoms with Crippen LogP contribution in [0.2, 0.25) is 0 Å². The fourth-order valence-corrected chi connectivity index (χ4v) is 2.34. The van der Waals surface area contributed by atoms with Gasteiger partial charge in [0.25, 0.3) is 0 Å². The Morgan fingerprint density at radius 3 is 2.94 bits per heavy atom. The first-order chi connectivity index (χ1) is 8.19. The average Bonchev–Trinajstić information content (AvgIpc) is 2.35. The van der Waals surface area contributed by atoms with E-state index in [0.717, 1.165) is 38.8 Å². The normalized spacial score (nSPS) is 24.4. The molecule has 0 spiro atoms. The summed E-state index contributed by atoms with van der Waals surface area (Å²) in [5.41, 5.74) is 5.74. The van der Waals surface area contributed by atoms with Gasteiger partial charge in [0.1, 0.15) is 0 Å². The Bertz CT molecular complexity index is 282. The lowest BCUT2D eigenvalue weighted by Crippen LogP contribution is -2.45. The van der Waals surface area contributed by atoms with E-state index in [1.165, 1.54) is 0 Å². The van der Waals surface area contributed by atoms with E-state index in [2.05, 4.69) is 12.8 Å². The zero-order valence-electron chi connectivity index (χ0n) is 10.8. The van der Waals surface area contributed by atoms with E-state index in [1.54, 1.807) is 0 Å². The molecule has 2 N–H and O–H groups in total. The van der Waals surface area contributed by atoms with Crippen LogP contribution in [0.4, 0.5) is 0 Å². The molecule has 0 bridgehead atoms. The fourth-order valence-electron chi connectivity index (χ4n) is 2.34. The van der Waals surface area contributed by atoms with Crippen molar-refractivity contribution in [2.75, 3.05) is 19.6 Å². The highest BCUT2D eigenvalue weighted by molar-refractivity contribution is 5.76. The first kappa shape index (κ1) is 14.1. The molecule has 2 atom stereocenters. The van der Waals surface area contributed by atoms with Crippen molar-refractivity contribution in [3.63, 3.8) is 0 Å². The molecule has 96 valence electrons. The first-order valence-electron chi connectivity index (χ1n) is 6.60. The summed E-state index contributed by atoms with van der Waals surface area (Å²) in [6.45, 7) is 4.64. The third-order valence-corrected chi connectivity index (χ3v) is 3.73. The van der Waals surface area contributed by atoms with Gasteiger partial charge in [0, 0.05) is 25.9 Å². The number of nitrogens with zero attached hydrogens (tertiary/aromatic N) is 1. The number of piperidine rings is 1. The molecule has 0 saturated carbocycles. The number of rotatable bonds is 5. The van der Waals surface area contributed by atoms with Crippen molar-refractivity contribution in [3.05, 3.63) is 0 Å². The minimum absolute atomic E-state index is 0.271. The number of hydrogen-bond acceptors (Lipinski definition) is 2. The van der Waals surface area contributed by atoms with Gasteiger partial charge in [-0.25, -0.2) is 0 Å². The van der Waals surface area contributed by atoms with Crippen molar-refractivity contribution in [2.45, 2.75) is 39.0 Å². The summed E-state index contributed by atoms with van der Waals surface area (Å²) in [6, 6.07) is 0. The maximum atomic E-state index is 12.0. The summed E-state index contributed by atoms with van der Waals surface area (Å²) < 4.78 is 0. The van der Waals surface area contributed by atoms with Crippen LogP contribution < -0.4 is 5.73 Å². The fraction of sp³-hybridized carbons (Fsp3) is 0.786. The van der Waals surface area contributed by atoms with Gasteiger partial charge in [-0.3, -0.25) is 4.79 Å². The Kier molecular flexibility index (Phi) is 6.07. The average molecular weight is 236 g/mol. The molecule has 1 saturated heterocycles. The monoisotopic (exact) mass is 236 g/mol. The number of amides is 1. The van der Waals surface area contributed by atoms with E-state index in [9.17, 15) is 4.79 Å². The van der Waals surface area contributed by atoms with Gasteiger partial charge >= 0.3 is 0 Å². The second kappa shape index (κ2) is 7.34. The highest BCUT2D eigenvalue weighted by Crippen LogP contribution is 2.22. The van der Waals surface area contributed by atoms with Crippen LogP contribution in [0.3, 0.4) is 0 Å². The Hall–Kier alpha value is -1.01. The van der Waals surface area contributed by atoms with E-state index in [-0.39, 0.29) is 5.91 Å². The van der Waals surface area contributed by atoms with Crippen LogP contribution in [-0.4, -0.2) is 30.4 Å². The van der Waals surface area contributed by atoms with Gasteiger partial charge in [0.05, 0.1) is 0 Å². The second-order valence-electron chi connectivity index (χ2n) is 5.01. The van der Waals surface area contributed by atoms with Gasteiger partial charge in [-0.2, -0.15) is 0 Å². The minimum Gasteiger partial charge on any atom is -0.342 e. The van der Waals surface area contributed by atoms with Crippen LogP contribution in [0, 0.1) is 24.2 Å². The molecule has 3 heteroatoms. The summed E-state index contributed by atoms with van der Waals surface area (Å²) in [5.74, 6) is 3.99. The van der Waals surface area contributed by atoms with Gasteiger partial charge in [-0.1, -0.05) is 6.92 Å². The van der Waals surface area contributed by atoms with E-state index < -0.39 is 0 Å². The van der Waals surface area contributed by atoms with E-state index in [1.807, 2.05) is 4.90 Å². The Morgan fingerprint density at radius 1 is 1.53 bits per heavy atom. The van der Waals surface area contributed by atoms with Crippen LogP contribution in [0.15, 0.2) is 0 Å². The lowest BCUT2D eigenvalue weighted by Gasteiger charge is -2.36. The summed E-state index contributed by atoms with van der Waals surface area (Å²) in [5, 5.41) is 0. The van der Waals surface area contributed by atoms with E-state index in [4.69, 9.17) is 12.2 Å². The molecule has 1 aliphatic heterocycles. The van der Waals surface area contributed by atoms with Crippen LogP contribution in [0.5, 0.6) is 0 Å². The maximum Gasteiger partial charge on any atom is 0.222 e. The quantitative estimate of drug-likeness (QED) is 0.582. The number of carbonyl (C=O) groups excluding carboxylic acids is 1. The summed E-state index contributed by atoms with van der Waals surface area (Å²) >= 11 is 0. The van der Waals surface area contributed by atoms with Crippen LogP contribution in [-0.2, 0) is 4.79 Å². The summed E-state index contributed by atoms with van der Waals surface area (Å²) in [7, 11) is 0. The molecular formula is C14H24N2O. The summed E-state index contributed by atoms with van der Waals surface area (Å²) in [6.07, 6.45) is 9.52. The van der Waals surface area contributed by atoms with Crippen molar-refractivity contribution in [1.29, 1.82) is 0 Å². The first-order valence-corrected chi connectivity index (χ1v) is 6.60. The van der Waals surface area contributed by atoms with Crippen LogP contribution in [0.25, 0.3) is 0 Å². The molecule has 17 heavy (non-hydrogen) atoms. The molecule has 0 aromatic rings. The molecule has 1 heterocycles. The molecule has 1 amide bonds. The number of hydrogen-bond donors (Lipinski definition) is 1. The van der Waals surface area contributed by atoms with E-state index in [0.29, 0.717) is 24.8 Å². The molecule has 1 rings (SSSR count). The number of carbonyl (C=O) groups is 1. The lowest BCUT2D eigenvalue weighted by molar-refractivity contribution is -0.133. The minimum atomic E-state index is 0.271. The van der Waals surface area contributed by atoms with Crippen molar-refractivity contribution < 1.29 is 4.79 Å². The molecule has 2 unspecified atom stereocenters. The number of terminal acetylenes is 1. The molecule has 0 aromatic heterocycles. The van der Waals surface area contributed by atoms with Crippen molar-refractivity contribution in [1.82, 2.24) is 4.90 Å². The van der Waals surface area contributed by atoms with Crippen molar-refractivity contribution in [3.8, 4) is 12.3 Å². The topological polar surface area (TPSA) is 46.3 Å². The van der Waals surface area contributed by atoms with Gasteiger partial charge in [0.15, 0.2) is 0 Å². The number of likely N-dealkylation sites (tertiary alicyclic amines) is 1. The third kappa shape index (κ3) is 4.40. The SMILES string of the molecule is C#CCCCCC(=O)N1CCC(C)C(CN)C1.